The highest BCUT2D eigenvalue weighted by Gasteiger charge is 2.22. The van der Waals surface area contributed by atoms with Gasteiger partial charge < -0.3 is 14.2 Å². The Hall–Kier alpha value is -2.23. The minimum absolute atomic E-state index is 0.00265. The summed E-state index contributed by atoms with van der Waals surface area (Å²) in [5, 5.41) is 0. The SMILES string of the molecule is CCCCCN(Cc1cccn1Cc1cccc(OC)c1)C(=O)CC(C)(C)C. The lowest BCUT2D eigenvalue weighted by atomic mass is 9.91. The number of ether oxygens (including phenoxy) is 1. The van der Waals surface area contributed by atoms with Crippen molar-refractivity contribution in [3.8, 4) is 5.75 Å². The Morgan fingerprint density at radius 3 is 2.61 bits per heavy atom. The molecular formula is C24H36N2O2. The van der Waals surface area contributed by atoms with Crippen LogP contribution in [-0.2, 0) is 17.9 Å². The van der Waals surface area contributed by atoms with Gasteiger partial charge in [0.05, 0.1) is 13.7 Å². The van der Waals surface area contributed by atoms with E-state index in [9.17, 15) is 4.79 Å². The van der Waals surface area contributed by atoms with Crippen molar-refractivity contribution in [3.05, 3.63) is 53.9 Å². The Balaban J connectivity index is 2.13. The number of benzene rings is 1. The van der Waals surface area contributed by atoms with Crippen LogP contribution in [0.2, 0.25) is 0 Å². The van der Waals surface area contributed by atoms with E-state index < -0.39 is 0 Å². The fraction of sp³-hybridized carbons (Fsp3) is 0.542. The summed E-state index contributed by atoms with van der Waals surface area (Å²) in [6, 6.07) is 12.3. The van der Waals surface area contributed by atoms with Gasteiger partial charge in [0, 0.05) is 31.4 Å². The quantitative estimate of drug-likeness (QED) is 0.507. The third kappa shape index (κ3) is 7.06. The molecule has 0 spiro atoms. The molecule has 0 aliphatic rings. The van der Waals surface area contributed by atoms with Crippen LogP contribution in [0.3, 0.4) is 0 Å². The van der Waals surface area contributed by atoms with Gasteiger partial charge in [-0.2, -0.15) is 0 Å². The largest absolute Gasteiger partial charge is 0.497 e. The number of methoxy groups -OCH3 is 1. The van der Waals surface area contributed by atoms with Crippen molar-refractivity contribution in [2.24, 2.45) is 5.41 Å². The highest BCUT2D eigenvalue weighted by Crippen LogP contribution is 2.22. The molecule has 1 aromatic heterocycles. The van der Waals surface area contributed by atoms with E-state index in [1.54, 1.807) is 7.11 Å². The van der Waals surface area contributed by atoms with Crippen molar-refractivity contribution in [2.75, 3.05) is 13.7 Å². The number of unbranched alkanes of at least 4 members (excludes halogenated alkanes) is 2. The first-order chi connectivity index (χ1) is 13.3. The van der Waals surface area contributed by atoms with E-state index >= 15 is 0 Å². The molecule has 1 amide bonds. The van der Waals surface area contributed by atoms with Crippen LogP contribution in [0.4, 0.5) is 0 Å². The Bertz CT molecular complexity index is 743. The lowest BCUT2D eigenvalue weighted by Crippen LogP contribution is -2.34. The summed E-state index contributed by atoms with van der Waals surface area (Å²) in [6.07, 6.45) is 6.05. The highest BCUT2D eigenvalue weighted by molar-refractivity contribution is 5.76. The maximum absolute atomic E-state index is 12.9. The van der Waals surface area contributed by atoms with Gasteiger partial charge in [0.1, 0.15) is 5.75 Å². The van der Waals surface area contributed by atoms with E-state index in [0.717, 1.165) is 38.1 Å². The summed E-state index contributed by atoms with van der Waals surface area (Å²) < 4.78 is 7.57. The van der Waals surface area contributed by atoms with Crippen LogP contribution in [0.5, 0.6) is 5.75 Å². The van der Waals surface area contributed by atoms with Crippen LogP contribution < -0.4 is 4.74 Å². The zero-order valence-corrected chi connectivity index (χ0v) is 18.2. The number of hydrogen-bond donors (Lipinski definition) is 0. The molecule has 4 nitrogen and oxygen atoms in total. The molecule has 0 saturated carbocycles. The number of hydrogen-bond acceptors (Lipinski definition) is 2. The third-order valence-electron chi connectivity index (χ3n) is 4.83. The molecule has 0 unspecified atom stereocenters. The van der Waals surface area contributed by atoms with E-state index in [-0.39, 0.29) is 11.3 Å². The van der Waals surface area contributed by atoms with Gasteiger partial charge in [0.25, 0.3) is 0 Å². The van der Waals surface area contributed by atoms with E-state index in [4.69, 9.17) is 4.74 Å². The van der Waals surface area contributed by atoms with Crippen LogP contribution in [0.1, 0.15) is 64.6 Å². The molecule has 1 aromatic carbocycles. The summed E-state index contributed by atoms with van der Waals surface area (Å²) in [4.78, 5) is 15.0. The molecule has 0 atom stereocenters. The second-order valence-electron chi connectivity index (χ2n) is 8.74. The molecule has 28 heavy (non-hydrogen) atoms. The zero-order chi connectivity index (χ0) is 20.6. The summed E-state index contributed by atoms with van der Waals surface area (Å²) in [7, 11) is 1.69. The molecule has 1 heterocycles. The van der Waals surface area contributed by atoms with Crippen molar-refractivity contribution < 1.29 is 9.53 Å². The first-order valence-electron chi connectivity index (χ1n) is 10.4. The van der Waals surface area contributed by atoms with E-state index in [2.05, 4.69) is 62.7 Å². The Kier molecular flexibility index (Phi) is 8.16. The van der Waals surface area contributed by atoms with E-state index in [0.29, 0.717) is 13.0 Å². The van der Waals surface area contributed by atoms with Gasteiger partial charge >= 0.3 is 0 Å². The van der Waals surface area contributed by atoms with Crippen molar-refractivity contribution in [1.82, 2.24) is 9.47 Å². The van der Waals surface area contributed by atoms with Gasteiger partial charge in [-0.15, -0.1) is 0 Å². The van der Waals surface area contributed by atoms with E-state index in [1.807, 2.05) is 17.0 Å². The molecule has 0 bridgehead atoms. The van der Waals surface area contributed by atoms with Crippen LogP contribution in [0.25, 0.3) is 0 Å². The lowest BCUT2D eigenvalue weighted by Gasteiger charge is -2.27. The lowest BCUT2D eigenvalue weighted by molar-refractivity contribution is -0.133. The summed E-state index contributed by atoms with van der Waals surface area (Å²) >= 11 is 0. The molecule has 2 aromatic rings. The summed E-state index contributed by atoms with van der Waals surface area (Å²) in [6.45, 7) is 10.8. The number of nitrogens with zero attached hydrogens (tertiary/aromatic N) is 2. The highest BCUT2D eigenvalue weighted by atomic mass is 16.5. The molecule has 0 aliphatic heterocycles. The summed E-state index contributed by atoms with van der Waals surface area (Å²) in [5.41, 5.74) is 2.36. The van der Waals surface area contributed by atoms with Gasteiger partial charge in [-0.05, 0) is 41.7 Å². The standard InChI is InChI=1S/C24H36N2O2/c1-6-7-8-14-26(23(27)17-24(2,3)4)19-21-12-10-15-25(21)18-20-11-9-13-22(16-20)28-5/h9-13,15-16H,6-8,14,17-19H2,1-5H3. The number of rotatable bonds is 10. The molecule has 2 rings (SSSR count). The zero-order valence-electron chi connectivity index (χ0n) is 18.2. The summed E-state index contributed by atoms with van der Waals surface area (Å²) in [5.74, 6) is 1.12. The van der Waals surface area contributed by atoms with Gasteiger partial charge in [0.15, 0.2) is 0 Å². The average molecular weight is 385 g/mol. The maximum atomic E-state index is 12.9. The first-order valence-corrected chi connectivity index (χ1v) is 10.4. The van der Waals surface area contributed by atoms with Crippen molar-refractivity contribution in [3.63, 3.8) is 0 Å². The predicted octanol–water partition coefficient (Wildman–Crippen LogP) is 5.50. The fourth-order valence-corrected chi connectivity index (χ4v) is 3.32. The Labute approximate surface area is 170 Å². The van der Waals surface area contributed by atoms with Crippen LogP contribution in [0.15, 0.2) is 42.6 Å². The van der Waals surface area contributed by atoms with Gasteiger partial charge in [-0.25, -0.2) is 0 Å². The minimum Gasteiger partial charge on any atom is -0.497 e. The smallest absolute Gasteiger partial charge is 0.223 e. The molecular weight excluding hydrogens is 348 g/mol. The number of carbonyl (C=O) groups is 1. The molecule has 0 N–H and O–H groups in total. The number of carbonyl (C=O) groups excluding carboxylic acids is 1. The minimum atomic E-state index is 0.00265. The van der Waals surface area contributed by atoms with Crippen LogP contribution in [-0.4, -0.2) is 29.0 Å². The predicted molar refractivity (Wildman–Crippen MR) is 116 cm³/mol. The molecule has 0 radical (unpaired) electrons. The second kappa shape index (κ2) is 10.4. The molecule has 0 saturated heterocycles. The topological polar surface area (TPSA) is 34.5 Å². The van der Waals surface area contributed by atoms with Crippen molar-refractivity contribution >= 4 is 5.91 Å². The van der Waals surface area contributed by atoms with Gasteiger partial charge in [0.2, 0.25) is 5.91 Å². The molecule has 0 aliphatic carbocycles. The maximum Gasteiger partial charge on any atom is 0.223 e. The van der Waals surface area contributed by atoms with Crippen LogP contribution >= 0.6 is 0 Å². The van der Waals surface area contributed by atoms with Crippen molar-refractivity contribution in [2.45, 2.75) is 66.5 Å². The normalized spacial score (nSPS) is 11.5. The third-order valence-corrected chi connectivity index (χ3v) is 4.83. The molecule has 0 fully saturated rings. The van der Waals surface area contributed by atoms with Crippen molar-refractivity contribution in [1.29, 1.82) is 0 Å². The van der Waals surface area contributed by atoms with Crippen LogP contribution in [0, 0.1) is 5.41 Å². The Morgan fingerprint density at radius 2 is 1.93 bits per heavy atom. The molecule has 154 valence electrons. The Morgan fingerprint density at radius 1 is 1.14 bits per heavy atom. The number of aromatic nitrogens is 1. The first kappa shape index (κ1) is 22.1. The monoisotopic (exact) mass is 384 g/mol. The average Bonchev–Trinajstić information content (AvgIpc) is 3.06. The fourth-order valence-electron chi connectivity index (χ4n) is 3.32. The van der Waals surface area contributed by atoms with E-state index in [1.165, 1.54) is 11.3 Å². The number of amides is 1. The second-order valence-corrected chi connectivity index (χ2v) is 8.74. The van der Waals surface area contributed by atoms with Gasteiger partial charge in [-0.3, -0.25) is 4.79 Å². The van der Waals surface area contributed by atoms with Gasteiger partial charge in [-0.1, -0.05) is 52.7 Å². The molecule has 4 heteroatoms.